The molecule has 1 aliphatic carbocycles. The van der Waals surface area contributed by atoms with Crippen LogP contribution in [0.15, 0.2) is 255 Å². The summed E-state index contributed by atoms with van der Waals surface area (Å²) in [7, 11) is 0. The second-order valence-corrected chi connectivity index (χ2v) is 17.9. The predicted octanol–water partition coefficient (Wildman–Crippen LogP) is 16.8. The minimum absolute atomic E-state index is 0.142. The van der Waals surface area contributed by atoms with Crippen LogP contribution >= 0.6 is 0 Å². The van der Waals surface area contributed by atoms with E-state index in [2.05, 4.69) is 260 Å². The van der Waals surface area contributed by atoms with Gasteiger partial charge in [-0.1, -0.05) is 231 Å². The minimum atomic E-state index is -0.447. The molecule has 2 aliphatic rings. The third-order valence-corrected chi connectivity index (χ3v) is 14.5. The SMILES string of the molecule is c1ccc(C(Cc2cccc(-c3ccc(N4c5ccc6ccccc6c5-c5cccc6cccc4c56)cc3)c2)c2ccc3c(c2)C(c2ccccc2)(c2ccccc2)c2ccccc2-3)cc1. The molecule has 0 aromatic heterocycles. The molecule has 0 radical (unpaired) electrons. The van der Waals surface area contributed by atoms with Gasteiger partial charge in [-0.3, -0.25) is 0 Å². The molecule has 1 unspecified atom stereocenters. The first-order valence-electron chi connectivity index (χ1n) is 23.2. The molecular formula is C65H45N. The fraction of sp³-hybridized carbons (Fsp3) is 0.0462. The topological polar surface area (TPSA) is 3.24 Å². The molecule has 11 aromatic rings. The van der Waals surface area contributed by atoms with Crippen molar-refractivity contribution in [1.29, 1.82) is 0 Å². The van der Waals surface area contributed by atoms with E-state index in [0.717, 1.165) is 12.1 Å². The van der Waals surface area contributed by atoms with Crippen LogP contribution in [0, 0.1) is 0 Å². The maximum Gasteiger partial charge on any atom is 0.0713 e. The van der Waals surface area contributed by atoms with Crippen molar-refractivity contribution in [2.24, 2.45) is 0 Å². The van der Waals surface area contributed by atoms with Gasteiger partial charge in [-0.05, 0) is 114 Å². The van der Waals surface area contributed by atoms with Gasteiger partial charge in [0.25, 0.3) is 0 Å². The van der Waals surface area contributed by atoms with Crippen molar-refractivity contribution in [2.45, 2.75) is 17.8 Å². The smallest absolute Gasteiger partial charge is 0.0713 e. The molecule has 0 spiro atoms. The van der Waals surface area contributed by atoms with Crippen LogP contribution in [0.25, 0.3) is 54.9 Å². The summed E-state index contributed by atoms with van der Waals surface area (Å²) in [6.45, 7) is 0. The van der Waals surface area contributed by atoms with Crippen LogP contribution in [-0.2, 0) is 11.8 Å². The third kappa shape index (κ3) is 5.94. The van der Waals surface area contributed by atoms with Gasteiger partial charge in [0, 0.05) is 22.6 Å². The first-order valence-corrected chi connectivity index (χ1v) is 23.2. The van der Waals surface area contributed by atoms with Crippen LogP contribution in [-0.4, -0.2) is 0 Å². The van der Waals surface area contributed by atoms with Crippen molar-refractivity contribution >= 4 is 38.6 Å². The average Bonchev–Trinajstić information content (AvgIpc) is 3.69. The number of fused-ring (bicyclic) bond motifs is 7. The molecule has 13 rings (SSSR count). The number of hydrogen-bond acceptors (Lipinski definition) is 1. The van der Waals surface area contributed by atoms with Gasteiger partial charge in [0.15, 0.2) is 0 Å². The lowest BCUT2D eigenvalue weighted by Gasteiger charge is -2.34. The zero-order chi connectivity index (χ0) is 43.6. The van der Waals surface area contributed by atoms with E-state index in [4.69, 9.17) is 0 Å². The monoisotopic (exact) mass is 839 g/mol. The maximum absolute atomic E-state index is 2.54. The van der Waals surface area contributed by atoms with E-state index in [-0.39, 0.29) is 5.92 Å². The second kappa shape index (κ2) is 15.5. The number of nitrogens with zero attached hydrogens (tertiary/aromatic N) is 1. The standard InChI is InChI=1S/C65H45N/c1-4-18-46(19-5-1)58(50-35-39-56-55-29-12-13-31-59(55)65(60(56)43-50,51-24-6-2-7-25-51)52-26-8-3-9-27-52)42-44-17-14-23-49(41-44)45-33-37-53(38-34-45)66-61-32-16-22-48-21-15-30-57(63(48)61)64-54-28-11-10-20-47(54)36-40-62(64)66/h1-41,43,58H,42H2. The first-order chi connectivity index (χ1) is 32.7. The van der Waals surface area contributed by atoms with Gasteiger partial charge >= 0.3 is 0 Å². The van der Waals surface area contributed by atoms with E-state index >= 15 is 0 Å². The molecule has 0 fully saturated rings. The van der Waals surface area contributed by atoms with Crippen molar-refractivity contribution in [1.82, 2.24) is 0 Å². The van der Waals surface area contributed by atoms with E-state index in [1.807, 2.05) is 0 Å². The summed E-state index contributed by atoms with van der Waals surface area (Å²) in [6.07, 6.45) is 0.868. The van der Waals surface area contributed by atoms with E-state index < -0.39 is 5.41 Å². The highest BCUT2D eigenvalue weighted by molar-refractivity contribution is 6.19. The fourth-order valence-corrected chi connectivity index (χ4v) is 11.6. The lowest BCUT2D eigenvalue weighted by molar-refractivity contribution is 0.756. The van der Waals surface area contributed by atoms with E-state index in [1.165, 1.54) is 105 Å². The quantitative estimate of drug-likeness (QED) is 0.147. The molecule has 1 heterocycles. The molecule has 310 valence electrons. The Hall–Kier alpha value is -8.26. The van der Waals surface area contributed by atoms with Crippen LogP contribution in [0.3, 0.4) is 0 Å². The van der Waals surface area contributed by atoms with Crippen LogP contribution in [0.5, 0.6) is 0 Å². The highest BCUT2D eigenvalue weighted by Crippen LogP contribution is 2.57. The molecule has 0 N–H and O–H groups in total. The van der Waals surface area contributed by atoms with E-state index in [1.54, 1.807) is 0 Å². The Bertz CT molecular complexity index is 3560. The van der Waals surface area contributed by atoms with Gasteiger partial charge in [-0.15, -0.1) is 0 Å². The van der Waals surface area contributed by atoms with Crippen molar-refractivity contribution in [3.8, 4) is 33.4 Å². The highest BCUT2D eigenvalue weighted by Gasteiger charge is 2.46. The molecule has 0 bridgehead atoms. The molecule has 1 atom stereocenters. The van der Waals surface area contributed by atoms with Crippen LogP contribution in [0.4, 0.5) is 17.1 Å². The molecular weight excluding hydrogens is 795 g/mol. The van der Waals surface area contributed by atoms with Crippen molar-refractivity contribution in [3.63, 3.8) is 0 Å². The Morgan fingerprint density at radius 1 is 0.379 bits per heavy atom. The predicted molar refractivity (Wildman–Crippen MR) is 276 cm³/mol. The molecule has 0 saturated heterocycles. The lowest BCUT2D eigenvalue weighted by atomic mass is 9.67. The Morgan fingerprint density at radius 3 is 1.80 bits per heavy atom. The summed E-state index contributed by atoms with van der Waals surface area (Å²) in [6, 6.07) is 94.9. The first kappa shape index (κ1) is 38.2. The summed E-state index contributed by atoms with van der Waals surface area (Å²) in [5.41, 5.74) is 20.0. The second-order valence-electron chi connectivity index (χ2n) is 17.9. The van der Waals surface area contributed by atoms with Crippen LogP contribution < -0.4 is 4.90 Å². The molecule has 66 heavy (non-hydrogen) atoms. The fourth-order valence-electron chi connectivity index (χ4n) is 11.6. The highest BCUT2D eigenvalue weighted by atomic mass is 15.2. The number of hydrogen-bond donors (Lipinski definition) is 0. The maximum atomic E-state index is 2.54. The molecule has 0 saturated carbocycles. The summed E-state index contributed by atoms with van der Waals surface area (Å²) in [5, 5.41) is 5.09. The summed E-state index contributed by atoms with van der Waals surface area (Å²) in [5.74, 6) is 0.142. The minimum Gasteiger partial charge on any atom is -0.309 e. The van der Waals surface area contributed by atoms with E-state index in [0.29, 0.717) is 0 Å². The van der Waals surface area contributed by atoms with Gasteiger partial charge in [0.2, 0.25) is 0 Å². The lowest BCUT2D eigenvalue weighted by Crippen LogP contribution is -2.28. The van der Waals surface area contributed by atoms with Gasteiger partial charge < -0.3 is 4.90 Å². The molecule has 0 amide bonds. The van der Waals surface area contributed by atoms with Gasteiger partial charge in [0.1, 0.15) is 0 Å². The van der Waals surface area contributed by atoms with Crippen LogP contribution in [0.2, 0.25) is 0 Å². The van der Waals surface area contributed by atoms with Crippen molar-refractivity contribution in [2.75, 3.05) is 4.90 Å². The Balaban J connectivity index is 0.889. The normalized spacial score (nSPS) is 13.5. The molecule has 1 heteroatoms. The number of rotatable bonds is 8. The van der Waals surface area contributed by atoms with Crippen molar-refractivity contribution < 1.29 is 0 Å². The van der Waals surface area contributed by atoms with Gasteiger partial charge in [-0.2, -0.15) is 0 Å². The summed E-state index contributed by atoms with van der Waals surface area (Å²) < 4.78 is 0. The third-order valence-electron chi connectivity index (χ3n) is 14.5. The zero-order valence-electron chi connectivity index (χ0n) is 36.5. The largest absolute Gasteiger partial charge is 0.309 e. The molecule has 1 nitrogen and oxygen atoms in total. The van der Waals surface area contributed by atoms with Crippen LogP contribution in [0.1, 0.15) is 44.9 Å². The van der Waals surface area contributed by atoms with E-state index in [9.17, 15) is 0 Å². The van der Waals surface area contributed by atoms with Crippen molar-refractivity contribution in [3.05, 3.63) is 294 Å². The Kier molecular flexibility index (Phi) is 8.96. The number of anilines is 3. The van der Waals surface area contributed by atoms with Gasteiger partial charge in [-0.25, -0.2) is 0 Å². The molecule has 1 aliphatic heterocycles. The van der Waals surface area contributed by atoms with Gasteiger partial charge in [0.05, 0.1) is 16.8 Å². The Morgan fingerprint density at radius 2 is 1.02 bits per heavy atom. The molecule has 11 aromatic carbocycles. The summed E-state index contributed by atoms with van der Waals surface area (Å²) in [4.78, 5) is 2.46. The average molecular weight is 840 g/mol. The zero-order valence-corrected chi connectivity index (χ0v) is 36.5. The number of benzene rings is 11. The summed E-state index contributed by atoms with van der Waals surface area (Å²) >= 11 is 0. The Labute approximate surface area is 386 Å².